The van der Waals surface area contributed by atoms with E-state index < -0.39 is 0 Å². The summed E-state index contributed by atoms with van der Waals surface area (Å²) in [6.07, 6.45) is 2.85. The van der Waals surface area contributed by atoms with Gasteiger partial charge < -0.3 is 9.64 Å². The summed E-state index contributed by atoms with van der Waals surface area (Å²) in [5, 5.41) is 5.56. The second-order valence-electron chi connectivity index (χ2n) is 6.05. The van der Waals surface area contributed by atoms with Crippen LogP contribution in [0.1, 0.15) is 25.0 Å². The van der Waals surface area contributed by atoms with Crippen molar-refractivity contribution in [2.24, 2.45) is 0 Å². The van der Waals surface area contributed by atoms with Crippen LogP contribution in [0.15, 0.2) is 30.5 Å². The summed E-state index contributed by atoms with van der Waals surface area (Å²) in [5.74, 6) is 2.70. The van der Waals surface area contributed by atoms with Gasteiger partial charge in [0.05, 0.1) is 19.7 Å². The first-order valence-corrected chi connectivity index (χ1v) is 8.42. The third-order valence-corrected chi connectivity index (χ3v) is 4.28. The van der Waals surface area contributed by atoms with Gasteiger partial charge in [-0.3, -0.25) is 4.98 Å². The van der Waals surface area contributed by atoms with Crippen molar-refractivity contribution in [2.45, 2.75) is 33.4 Å². The number of hydrogen-bond donors (Lipinski definition) is 0. The lowest BCUT2D eigenvalue weighted by Gasteiger charge is -2.29. The van der Waals surface area contributed by atoms with Gasteiger partial charge in [-0.2, -0.15) is 5.10 Å². The fourth-order valence-electron chi connectivity index (χ4n) is 3.20. The minimum Gasteiger partial charge on any atom is -0.491 e. The van der Waals surface area contributed by atoms with Gasteiger partial charge in [-0.25, -0.2) is 9.67 Å². The van der Waals surface area contributed by atoms with Crippen molar-refractivity contribution in [1.82, 2.24) is 19.7 Å². The average molecular weight is 323 g/mol. The molecule has 24 heavy (non-hydrogen) atoms. The molecule has 1 aliphatic heterocycles. The van der Waals surface area contributed by atoms with Crippen LogP contribution in [-0.4, -0.2) is 32.9 Å². The van der Waals surface area contributed by atoms with Crippen molar-refractivity contribution in [1.29, 1.82) is 0 Å². The number of benzene rings is 1. The van der Waals surface area contributed by atoms with Gasteiger partial charge in [-0.1, -0.05) is 19.1 Å². The molecule has 0 fully saturated rings. The summed E-state index contributed by atoms with van der Waals surface area (Å²) in [4.78, 5) is 11.4. The second kappa shape index (κ2) is 6.11. The zero-order chi connectivity index (χ0) is 16.5. The van der Waals surface area contributed by atoms with E-state index >= 15 is 0 Å². The number of anilines is 1. The molecule has 0 spiro atoms. The van der Waals surface area contributed by atoms with Gasteiger partial charge >= 0.3 is 0 Å². The molecule has 3 heterocycles. The molecule has 0 amide bonds. The normalized spacial score (nSPS) is 14.0. The Balaban J connectivity index is 1.72. The van der Waals surface area contributed by atoms with Crippen LogP contribution in [0.5, 0.6) is 5.75 Å². The molecule has 6 heteroatoms. The fourth-order valence-corrected chi connectivity index (χ4v) is 3.20. The molecule has 0 radical (unpaired) electrons. The third kappa shape index (κ3) is 2.58. The van der Waals surface area contributed by atoms with Gasteiger partial charge in [0.25, 0.3) is 0 Å². The van der Waals surface area contributed by atoms with Crippen LogP contribution in [0.3, 0.4) is 0 Å². The highest BCUT2D eigenvalue weighted by atomic mass is 16.5. The molecule has 6 nitrogen and oxygen atoms in total. The highest BCUT2D eigenvalue weighted by Gasteiger charge is 2.21. The maximum Gasteiger partial charge on any atom is 0.147 e. The predicted octanol–water partition coefficient (Wildman–Crippen LogP) is 2.94. The lowest BCUT2D eigenvalue weighted by molar-refractivity contribution is 0.320. The van der Waals surface area contributed by atoms with Crippen molar-refractivity contribution in [3.63, 3.8) is 0 Å². The number of aryl methyl sites for hydroxylation is 1. The van der Waals surface area contributed by atoms with Crippen molar-refractivity contribution in [3.8, 4) is 5.75 Å². The minimum atomic E-state index is 0.705. The number of hydrogen-bond acceptors (Lipinski definition) is 5. The molecule has 0 aliphatic carbocycles. The number of aromatic nitrogens is 4. The average Bonchev–Trinajstić information content (AvgIpc) is 2.98. The van der Waals surface area contributed by atoms with E-state index in [0.717, 1.165) is 54.4 Å². The number of nitrogens with zero attached hydrogens (tertiary/aromatic N) is 5. The second-order valence-corrected chi connectivity index (χ2v) is 6.05. The van der Waals surface area contributed by atoms with E-state index in [0.29, 0.717) is 6.61 Å². The highest BCUT2D eigenvalue weighted by molar-refractivity contribution is 5.95. The zero-order valence-corrected chi connectivity index (χ0v) is 14.1. The van der Waals surface area contributed by atoms with E-state index in [4.69, 9.17) is 4.74 Å². The van der Waals surface area contributed by atoms with Crippen LogP contribution in [0.2, 0.25) is 0 Å². The number of rotatable bonds is 4. The molecule has 1 aromatic carbocycles. The van der Waals surface area contributed by atoms with Crippen LogP contribution in [0.25, 0.3) is 10.9 Å². The van der Waals surface area contributed by atoms with Crippen molar-refractivity contribution in [2.75, 3.05) is 18.1 Å². The maximum atomic E-state index is 5.86. The summed E-state index contributed by atoms with van der Waals surface area (Å²) in [7, 11) is 0. The zero-order valence-electron chi connectivity index (χ0n) is 14.1. The fraction of sp³-hybridized carbons (Fsp3) is 0.389. The van der Waals surface area contributed by atoms with Crippen molar-refractivity contribution in [3.05, 3.63) is 42.1 Å². The van der Waals surface area contributed by atoms with Crippen LogP contribution >= 0.6 is 0 Å². The Morgan fingerprint density at radius 1 is 1.21 bits per heavy atom. The monoisotopic (exact) mass is 323 g/mol. The minimum absolute atomic E-state index is 0.705. The van der Waals surface area contributed by atoms with E-state index in [-0.39, 0.29) is 0 Å². The summed E-state index contributed by atoms with van der Waals surface area (Å²) < 4.78 is 7.87. The van der Waals surface area contributed by atoms with Gasteiger partial charge in [-0.15, -0.1) is 0 Å². The lowest BCUT2D eigenvalue weighted by Crippen LogP contribution is -2.34. The smallest absolute Gasteiger partial charge is 0.147 e. The summed E-state index contributed by atoms with van der Waals surface area (Å²) in [6.45, 7) is 7.28. The molecule has 124 valence electrons. The molecule has 0 saturated heterocycles. The molecule has 0 bridgehead atoms. The quantitative estimate of drug-likeness (QED) is 0.739. The number of fused-ring (bicyclic) bond motifs is 2. The molecule has 0 atom stereocenters. The Hall–Kier alpha value is -2.63. The van der Waals surface area contributed by atoms with Crippen molar-refractivity contribution < 1.29 is 4.74 Å². The van der Waals surface area contributed by atoms with Gasteiger partial charge in [-0.05, 0) is 25.5 Å². The van der Waals surface area contributed by atoms with Crippen LogP contribution in [0, 0.1) is 6.92 Å². The first-order valence-electron chi connectivity index (χ1n) is 8.42. The molecule has 4 rings (SSSR count). The molecule has 1 aliphatic rings. The van der Waals surface area contributed by atoms with Gasteiger partial charge in [0, 0.05) is 23.8 Å². The largest absolute Gasteiger partial charge is 0.491 e. The first kappa shape index (κ1) is 14.9. The van der Waals surface area contributed by atoms with E-state index in [2.05, 4.69) is 39.0 Å². The van der Waals surface area contributed by atoms with Crippen molar-refractivity contribution >= 4 is 16.6 Å². The molecule has 3 aromatic rings. The molecular weight excluding hydrogens is 302 g/mol. The topological polar surface area (TPSA) is 56.1 Å². The molecular formula is C18H21N5O. The number of para-hydroxylation sites is 1. The van der Waals surface area contributed by atoms with Gasteiger partial charge in [0.1, 0.15) is 22.9 Å². The predicted molar refractivity (Wildman–Crippen MR) is 93.3 cm³/mol. The van der Waals surface area contributed by atoms with Gasteiger partial charge in [0.15, 0.2) is 0 Å². The Morgan fingerprint density at radius 3 is 3.00 bits per heavy atom. The molecule has 0 N–H and O–H groups in total. The molecule has 0 unspecified atom stereocenters. The van der Waals surface area contributed by atoms with E-state index in [1.807, 2.05) is 29.9 Å². The molecule has 0 saturated carbocycles. The summed E-state index contributed by atoms with van der Waals surface area (Å²) in [6, 6.07) is 8.21. The number of ether oxygens (including phenoxy) is 1. The standard InChI is InChI=1S/C18H21N5O/c1-3-11-24-16-6-4-5-14-15(7-8-19-18(14)16)22-9-10-23-17(12-22)20-13(2)21-23/h4-8H,3,9-12H2,1-2H3. The summed E-state index contributed by atoms with van der Waals surface area (Å²) >= 11 is 0. The van der Waals surface area contributed by atoms with E-state index in [1.54, 1.807) is 0 Å². The van der Waals surface area contributed by atoms with Crippen LogP contribution in [0.4, 0.5) is 5.69 Å². The van der Waals surface area contributed by atoms with E-state index in [1.165, 1.54) is 5.69 Å². The lowest BCUT2D eigenvalue weighted by atomic mass is 10.1. The van der Waals surface area contributed by atoms with E-state index in [9.17, 15) is 0 Å². The highest BCUT2D eigenvalue weighted by Crippen LogP contribution is 2.32. The maximum absolute atomic E-state index is 5.86. The third-order valence-electron chi connectivity index (χ3n) is 4.28. The van der Waals surface area contributed by atoms with Gasteiger partial charge in [0.2, 0.25) is 0 Å². The SMILES string of the molecule is CCCOc1cccc2c(N3CCn4nc(C)nc4C3)ccnc12. The van der Waals surface area contributed by atoms with Crippen LogP contribution < -0.4 is 9.64 Å². The summed E-state index contributed by atoms with van der Waals surface area (Å²) in [5.41, 5.74) is 2.10. The number of pyridine rings is 1. The molecule has 2 aromatic heterocycles. The van der Waals surface area contributed by atoms with Crippen LogP contribution in [-0.2, 0) is 13.1 Å². The Morgan fingerprint density at radius 2 is 2.12 bits per heavy atom. The first-order chi connectivity index (χ1) is 11.8. The Bertz CT molecular complexity index is 873. The Labute approximate surface area is 141 Å². The Kier molecular flexibility index (Phi) is 3.80.